The zero-order valence-corrected chi connectivity index (χ0v) is 12.2. The van der Waals surface area contributed by atoms with Crippen molar-refractivity contribution in [1.29, 1.82) is 0 Å². The van der Waals surface area contributed by atoms with Crippen molar-refractivity contribution in [2.24, 2.45) is 5.10 Å². The van der Waals surface area contributed by atoms with E-state index in [-0.39, 0.29) is 18.1 Å². The van der Waals surface area contributed by atoms with Crippen LogP contribution in [0.5, 0.6) is 0 Å². The Morgan fingerprint density at radius 1 is 1.50 bits per heavy atom. The maximum absolute atomic E-state index is 11.1. The lowest BCUT2D eigenvalue weighted by atomic mass is 10.1. The van der Waals surface area contributed by atoms with E-state index in [0.717, 1.165) is 0 Å². The number of amides is 1. The third kappa shape index (κ3) is 4.77. The molecule has 10 nitrogen and oxygen atoms in total. The summed E-state index contributed by atoms with van der Waals surface area (Å²) < 4.78 is 4.63. The normalized spacial score (nSPS) is 16.0. The number of imidazole rings is 1. The number of carbonyl (C=O) groups is 1. The number of hydrazone groups is 1. The van der Waals surface area contributed by atoms with Gasteiger partial charge < -0.3 is 30.1 Å². The van der Waals surface area contributed by atoms with Crippen LogP contribution in [-0.2, 0) is 4.74 Å². The highest BCUT2D eigenvalue weighted by atomic mass is 16.5. The van der Waals surface area contributed by atoms with Gasteiger partial charge in [-0.1, -0.05) is 0 Å². The molecule has 1 rings (SSSR count). The summed E-state index contributed by atoms with van der Waals surface area (Å²) in [5.41, 5.74) is 2.59. The van der Waals surface area contributed by atoms with E-state index in [9.17, 15) is 20.1 Å². The maximum atomic E-state index is 11.1. The molecule has 0 aromatic carbocycles. The van der Waals surface area contributed by atoms with Crippen LogP contribution in [0.3, 0.4) is 0 Å². The van der Waals surface area contributed by atoms with Crippen LogP contribution in [0, 0.1) is 0 Å². The molecule has 124 valence electrons. The summed E-state index contributed by atoms with van der Waals surface area (Å²) in [6.07, 6.45) is -3.99. The van der Waals surface area contributed by atoms with E-state index in [2.05, 4.69) is 25.2 Å². The first-order valence-electron chi connectivity index (χ1n) is 6.58. The molecule has 3 unspecified atom stereocenters. The molecule has 1 amide bonds. The van der Waals surface area contributed by atoms with Gasteiger partial charge in [-0.25, -0.2) is 15.2 Å². The van der Waals surface area contributed by atoms with Crippen molar-refractivity contribution >= 4 is 11.8 Å². The van der Waals surface area contributed by atoms with Gasteiger partial charge in [0.15, 0.2) is 5.82 Å². The molecule has 22 heavy (non-hydrogen) atoms. The number of aliphatic hydroxyl groups excluding tert-OH is 4. The monoisotopic (exact) mass is 316 g/mol. The van der Waals surface area contributed by atoms with Crippen molar-refractivity contribution < 1.29 is 30.0 Å². The molecule has 1 heterocycles. The minimum atomic E-state index is -1.58. The average molecular weight is 316 g/mol. The van der Waals surface area contributed by atoms with Crippen molar-refractivity contribution in [2.45, 2.75) is 32.2 Å². The summed E-state index contributed by atoms with van der Waals surface area (Å²) >= 11 is 0. The van der Waals surface area contributed by atoms with Gasteiger partial charge >= 0.3 is 6.09 Å². The van der Waals surface area contributed by atoms with E-state index < -0.39 is 31.0 Å². The molecule has 0 bridgehead atoms. The molecule has 0 aliphatic heterocycles. The van der Waals surface area contributed by atoms with E-state index in [4.69, 9.17) is 5.11 Å². The van der Waals surface area contributed by atoms with Crippen LogP contribution in [-0.4, -0.2) is 67.6 Å². The number of H-pyrrole nitrogens is 1. The van der Waals surface area contributed by atoms with Crippen molar-refractivity contribution in [2.75, 3.05) is 13.2 Å². The van der Waals surface area contributed by atoms with Crippen LogP contribution in [0.1, 0.15) is 31.5 Å². The predicted molar refractivity (Wildman–Crippen MR) is 75.0 cm³/mol. The van der Waals surface area contributed by atoms with Crippen molar-refractivity contribution in [3.63, 3.8) is 0 Å². The molecular weight excluding hydrogens is 296 g/mol. The highest BCUT2D eigenvalue weighted by molar-refractivity contribution is 5.95. The molecule has 0 saturated carbocycles. The van der Waals surface area contributed by atoms with Crippen molar-refractivity contribution in [3.8, 4) is 0 Å². The van der Waals surface area contributed by atoms with Crippen molar-refractivity contribution in [1.82, 2.24) is 15.4 Å². The van der Waals surface area contributed by atoms with E-state index in [0.29, 0.717) is 5.71 Å². The molecule has 0 radical (unpaired) electrons. The number of rotatable bonds is 7. The van der Waals surface area contributed by atoms with Gasteiger partial charge in [0.25, 0.3) is 0 Å². The molecular formula is C12H20N4O6. The minimum absolute atomic E-state index is 0.126. The molecule has 3 atom stereocenters. The second kappa shape index (κ2) is 8.44. The van der Waals surface area contributed by atoms with Crippen LogP contribution < -0.4 is 5.43 Å². The lowest BCUT2D eigenvalue weighted by molar-refractivity contribution is -0.0788. The van der Waals surface area contributed by atoms with Crippen LogP contribution in [0.15, 0.2) is 11.3 Å². The van der Waals surface area contributed by atoms with Gasteiger partial charge in [0.2, 0.25) is 0 Å². The Bertz CT molecular complexity index is 517. The molecule has 10 heteroatoms. The smallest absolute Gasteiger partial charge is 0.427 e. The van der Waals surface area contributed by atoms with E-state index in [1.54, 1.807) is 13.8 Å². The fraction of sp³-hybridized carbons (Fsp3) is 0.583. The summed E-state index contributed by atoms with van der Waals surface area (Å²) in [6, 6.07) is 0. The largest absolute Gasteiger partial charge is 0.449 e. The first-order valence-corrected chi connectivity index (χ1v) is 6.58. The Balaban J connectivity index is 2.74. The Kier molecular flexibility index (Phi) is 6.92. The number of nitrogens with one attached hydrogen (secondary N) is 2. The summed E-state index contributed by atoms with van der Waals surface area (Å²) in [5.74, 6) is 0.247. The summed E-state index contributed by atoms with van der Waals surface area (Å²) in [4.78, 5) is 17.7. The summed E-state index contributed by atoms with van der Waals surface area (Å²) in [5, 5.41) is 41.2. The first kappa shape index (κ1) is 18.0. The molecule has 1 aromatic heterocycles. The first-order chi connectivity index (χ1) is 10.4. The van der Waals surface area contributed by atoms with Crippen LogP contribution in [0.2, 0.25) is 0 Å². The SMILES string of the molecule is CCOC(=O)N/N=C(/C)c1ncc(C(O)C(O)C(O)CO)[nH]1. The quantitative estimate of drug-likeness (QED) is 0.267. The van der Waals surface area contributed by atoms with Crippen molar-refractivity contribution in [3.05, 3.63) is 17.7 Å². The third-order valence-corrected chi connectivity index (χ3v) is 2.75. The maximum Gasteiger partial charge on any atom is 0.427 e. The average Bonchev–Trinajstić information content (AvgIpc) is 3.00. The van der Waals surface area contributed by atoms with E-state index in [1.807, 2.05) is 0 Å². The predicted octanol–water partition coefficient (Wildman–Crippen LogP) is -1.37. The fourth-order valence-corrected chi connectivity index (χ4v) is 1.52. The van der Waals surface area contributed by atoms with Crippen LogP contribution in [0.4, 0.5) is 4.79 Å². The van der Waals surface area contributed by atoms with Gasteiger partial charge in [0.05, 0.1) is 25.1 Å². The highest BCUT2D eigenvalue weighted by Crippen LogP contribution is 2.17. The molecule has 0 spiro atoms. The molecule has 0 aliphatic rings. The lowest BCUT2D eigenvalue weighted by Gasteiger charge is -2.20. The van der Waals surface area contributed by atoms with Crippen LogP contribution in [0.25, 0.3) is 0 Å². The number of nitrogens with zero attached hydrogens (tertiary/aromatic N) is 2. The number of ether oxygens (including phenoxy) is 1. The van der Waals surface area contributed by atoms with Gasteiger partial charge in [-0.2, -0.15) is 5.10 Å². The number of carbonyl (C=O) groups excluding carboxylic acids is 1. The lowest BCUT2D eigenvalue weighted by Crippen LogP contribution is -2.34. The Labute approximate surface area is 126 Å². The standard InChI is InChI=1S/C12H20N4O6/c1-3-22-12(21)16-15-6(2)11-13-4-7(14-11)9(19)10(20)8(18)5-17/h4,8-10,17-20H,3,5H2,1-2H3,(H,13,14)(H,16,21)/b15-6-. The van der Waals surface area contributed by atoms with Crippen LogP contribution >= 0.6 is 0 Å². The third-order valence-electron chi connectivity index (χ3n) is 2.75. The molecule has 6 N–H and O–H groups in total. The van der Waals surface area contributed by atoms with E-state index >= 15 is 0 Å². The Morgan fingerprint density at radius 3 is 2.77 bits per heavy atom. The molecule has 0 aliphatic carbocycles. The van der Waals surface area contributed by atoms with Gasteiger partial charge in [-0.15, -0.1) is 0 Å². The number of hydrogen-bond acceptors (Lipinski definition) is 8. The second-order valence-electron chi connectivity index (χ2n) is 4.40. The van der Waals surface area contributed by atoms with Gasteiger partial charge in [-0.3, -0.25) is 0 Å². The Morgan fingerprint density at radius 2 is 2.18 bits per heavy atom. The fourth-order valence-electron chi connectivity index (χ4n) is 1.52. The number of hydrogen-bond donors (Lipinski definition) is 6. The van der Waals surface area contributed by atoms with Gasteiger partial charge in [0, 0.05) is 0 Å². The topological polar surface area (TPSA) is 160 Å². The highest BCUT2D eigenvalue weighted by Gasteiger charge is 2.27. The summed E-state index contributed by atoms with van der Waals surface area (Å²) in [7, 11) is 0. The molecule has 0 saturated heterocycles. The van der Waals surface area contributed by atoms with Gasteiger partial charge in [-0.05, 0) is 13.8 Å². The molecule has 1 aromatic rings. The molecule has 0 fully saturated rings. The number of aliphatic hydroxyl groups is 4. The zero-order valence-electron chi connectivity index (χ0n) is 12.2. The zero-order chi connectivity index (χ0) is 16.7. The number of aromatic nitrogens is 2. The second-order valence-corrected chi connectivity index (χ2v) is 4.40. The number of aromatic amines is 1. The summed E-state index contributed by atoms with van der Waals surface area (Å²) in [6.45, 7) is 2.73. The Hall–Kier alpha value is -2.01. The van der Waals surface area contributed by atoms with E-state index in [1.165, 1.54) is 6.20 Å². The van der Waals surface area contributed by atoms with Gasteiger partial charge in [0.1, 0.15) is 24.0 Å². The minimum Gasteiger partial charge on any atom is -0.449 e.